The standard InChI is InChI=1S/C13H22N2O4/c1-5-8(3)15-11(16)7-10(12(15)17)14(4)9(6-2)13(18)19/h8-10H,5-7H2,1-4H3,(H,18,19). The van der Waals surface area contributed by atoms with Gasteiger partial charge in [-0.05, 0) is 26.8 Å². The molecule has 0 aromatic rings. The fourth-order valence-electron chi connectivity index (χ4n) is 2.45. The molecule has 3 atom stereocenters. The minimum atomic E-state index is -0.966. The van der Waals surface area contributed by atoms with Crippen LogP contribution in [0.4, 0.5) is 0 Å². The van der Waals surface area contributed by atoms with Crippen molar-refractivity contribution < 1.29 is 19.5 Å². The van der Waals surface area contributed by atoms with Gasteiger partial charge < -0.3 is 5.11 Å². The molecule has 1 saturated heterocycles. The van der Waals surface area contributed by atoms with Gasteiger partial charge in [0.1, 0.15) is 6.04 Å². The van der Waals surface area contributed by atoms with Crippen LogP contribution in [0.1, 0.15) is 40.0 Å². The van der Waals surface area contributed by atoms with E-state index in [1.54, 1.807) is 14.0 Å². The van der Waals surface area contributed by atoms with E-state index in [-0.39, 0.29) is 24.3 Å². The Balaban J connectivity index is 2.89. The molecule has 6 nitrogen and oxygen atoms in total. The van der Waals surface area contributed by atoms with Gasteiger partial charge in [-0.3, -0.25) is 24.2 Å². The zero-order chi connectivity index (χ0) is 14.7. The normalized spacial score (nSPS) is 23.0. The maximum Gasteiger partial charge on any atom is 0.320 e. The molecule has 2 amide bonds. The van der Waals surface area contributed by atoms with Crippen molar-refractivity contribution in [2.45, 2.75) is 58.2 Å². The second kappa shape index (κ2) is 6.14. The Morgan fingerprint density at radius 3 is 2.42 bits per heavy atom. The summed E-state index contributed by atoms with van der Waals surface area (Å²) in [7, 11) is 1.60. The number of carboxylic acids is 1. The Bertz CT molecular complexity index is 383. The van der Waals surface area contributed by atoms with Crippen LogP contribution in [0.2, 0.25) is 0 Å². The minimum Gasteiger partial charge on any atom is -0.480 e. The first kappa shape index (κ1) is 15.6. The van der Waals surface area contributed by atoms with E-state index in [0.29, 0.717) is 12.8 Å². The fourth-order valence-corrected chi connectivity index (χ4v) is 2.45. The summed E-state index contributed by atoms with van der Waals surface area (Å²) in [5, 5.41) is 9.13. The predicted octanol–water partition coefficient (Wildman–Crippen LogP) is 0.707. The summed E-state index contributed by atoms with van der Waals surface area (Å²) in [5.41, 5.74) is 0. The van der Waals surface area contributed by atoms with E-state index >= 15 is 0 Å². The number of carbonyl (C=O) groups excluding carboxylic acids is 2. The first-order valence-electron chi connectivity index (χ1n) is 6.65. The van der Waals surface area contributed by atoms with Crippen LogP contribution in [0.15, 0.2) is 0 Å². The molecule has 3 unspecified atom stereocenters. The SMILES string of the molecule is CCC(C)N1C(=O)CC(N(C)C(CC)C(=O)O)C1=O. The van der Waals surface area contributed by atoms with Gasteiger partial charge in [0.15, 0.2) is 0 Å². The first-order chi connectivity index (χ1) is 8.84. The fraction of sp³-hybridized carbons (Fsp3) is 0.769. The number of likely N-dealkylation sites (N-methyl/N-ethyl adjacent to an activating group) is 1. The van der Waals surface area contributed by atoms with Gasteiger partial charge in [0, 0.05) is 6.04 Å². The van der Waals surface area contributed by atoms with Crippen molar-refractivity contribution in [3.63, 3.8) is 0 Å². The van der Waals surface area contributed by atoms with Crippen molar-refractivity contribution in [2.75, 3.05) is 7.05 Å². The van der Waals surface area contributed by atoms with Crippen LogP contribution >= 0.6 is 0 Å². The van der Waals surface area contributed by atoms with Crippen molar-refractivity contribution in [1.29, 1.82) is 0 Å². The molecule has 1 N–H and O–H groups in total. The van der Waals surface area contributed by atoms with Gasteiger partial charge in [0.25, 0.3) is 0 Å². The summed E-state index contributed by atoms with van der Waals surface area (Å²) in [4.78, 5) is 38.1. The molecule has 0 saturated carbocycles. The molecule has 0 bridgehead atoms. The Labute approximate surface area is 113 Å². The highest BCUT2D eigenvalue weighted by Crippen LogP contribution is 2.23. The van der Waals surface area contributed by atoms with Gasteiger partial charge in [-0.2, -0.15) is 0 Å². The predicted molar refractivity (Wildman–Crippen MR) is 69.5 cm³/mol. The second-order valence-electron chi connectivity index (χ2n) is 5.01. The second-order valence-corrected chi connectivity index (χ2v) is 5.01. The van der Waals surface area contributed by atoms with Crippen LogP contribution in [-0.4, -0.2) is 57.9 Å². The zero-order valence-corrected chi connectivity index (χ0v) is 11.9. The molecule has 0 radical (unpaired) electrons. The Hall–Kier alpha value is -1.43. The van der Waals surface area contributed by atoms with Crippen molar-refractivity contribution in [1.82, 2.24) is 9.80 Å². The van der Waals surface area contributed by atoms with Gasteiger partial charge in [-0.15, -0.1) is 0 Å². The number of hydrogen-bond acceptors (Lipinski definition) is 4. The Morgan fingerprint density at radius 2 is 2.00 bits per heavy atom. The van der Waals surface area contributed by atoms with Crippen LogP contribution in [0.25, 0.3) is 0 Å². The van der Waals surface area contributed by atoms with Gasteiger partial charge in [-0.1, -0.05) is 13.8 Å². The van der Waals surface area contributed by atoms with Crippen LogP contribution in [0, 0.1) is 0 Å². The maximum absolute atomic E-state index is 12.3. The molecule has 0 aliphatic carbocycles. The zero-order valence-electron chi connectivity index (χ0n) is 11.9. The molecule has 0 aromatic heterocycles. The van der Waals surface area contributed by atoms with Crippen LogP contribution in [0.5, 0.6) is 0 Å². The van der Waals surface area contributed by atoms with E-state index in [1.807, 2.05) is 13.8 Å². The summed E-state index contributed by atoms with van der Waals surface area (Å²) < 4.78 is 0. The smallest absolute Gasteiger partial charge is 0.320 e. The Kier molecular flexibility index (Phi) is 5.05. The lowest BCUT2D eigenvalue weighted by molar-refractivity contribution is -0.145. The summed E-state index contributed by atoms with van der Waals surface area (Å²) in [6, 6.07) is -1.52. The number of hydrogen-bond donors (Lipinski definition) is 1. The third-order valence-corrected chi connectivity index (χ3v) is 3.85. The van der Waals surface area contributed by atoms with Gasteiger partial charge in [-0.25, -0.2) is 0 Å². The first-order valence-corrected chi connectivity index (χ1v) is 6.65. The Morgan fingerprint density at radius 1 is 1.42 bits per heavy atom. The van der Waals surface area contributed by atoms with Crippen molar-refractivity contribution in [3.8, 4) is 0 Å². The summed E-state index contributed by atoms with van der Waals surface area (Å²) in [6.07, 6.45) is 1.17. The number of rotatable bonds is 6. The molecular formula is C13H22N2O4. The molecule has 0 aromatic carbocycles. The van der Waals surface area contributed by atoms with E-state index < -0.39 is 18.1 Å². The number of likely N-dealkylation sites (tertiary alicyclic amines) is 1. The summed E-state index contributed by atoms with van der Waals surface area (Å²) in [5.74, 6) is -1.45. The number of nitrogens with zero attached hydrogens (tertiary/aromatic N) is 2. The third-order valence-electron chi connectivity index (χ3n) is 3.85. The minimum absolute atomic E-state index is 0.0729. The molecule has 1 rings (SSSR count). The number of amides is 2. The van der Waals surface area contributed by atoms with Gasteiger partial charge >= 0.3 is 5.97 Å². The maximum atomic E-state index is 12.3. The van der Waals surface area contributed by atoms with Crippen molar-refractivity contribution in [2.24, 2.45) is 0 Å². The molecule has 0 spiro atoms. The summed E-state index contributed by atoms with van der Waals surface area (Å²) >= 11 is 0. The average Bonchev–Trinajstić information content (AvgIpc) is 2.64. The topological polar surface area (TPSA) is 77.9 Å². The van der Waals surface area contributed by atoms with Crippen LogP contribution < -0.4 is 0 Å². The van der Waals surface area contributed by atoms with E-state index in [0.717, 1.165) is 0 Å². The van der Waals surface area contributed by atoms with Gasteiger partial charge in [0.2, 0.25) is 11.8 Å². The number of carboxylic acid groups (broad SMARTS) is 1. The lowest BCUT2D eigenvalue weighted by Crippen LogP contribution is -2.49. The molecule has 19 heavy (non-hydrogen) atoms. The third kappa shape index (κ3) is 2.94. The summed E-state index contributed by atoms with van der Waals surface area (Å²) in [6.45, 7) is 5.49. The molecule has 1 heterocycles. The highest BCUT2D eigenvalue weighted by molar-refractivity contribution is 6.06. The quantitative estimate of drug-likeness (QED) is 0.719. The number of aliphatic carboxylic acids is 1. The number of imide groups is 1. The van der Waals surface area contributed by atoms with Crippen LogP contribution in [-0.2, 0) is 14.4 Å². The molecule has 108 valence electrons. The molecule has 1 aliphatic rings. The van der Waals surface area contributed by atoms with E-state index in [1.165, 1.54) is 9.80 Å². The molecule has 1 aliphatic heterocycles. The molecular weight excluding hydrogens is 248 g/mol. The lowest BCUT2D eigenvalue weighted by atomic mass is 10.1. The number of carbonyl (C=O) groups is 3. The van der Waals surface area contributed by atoms with E-state index in [2.05, 4.69) is 0 Å². The highest BCUT2D eigenvalue weighted by atomic mass is 16.4. The average molecular weight is 270 g/mol. The van der Waals surface area contributed by atoms with Crippen molar-refractivity contribution in [3.05, 3.63) is 0 Å². The van der Waals surface area contributed by atoms with E-state index in [9.17, 15) is 14.4 Å². The largest absolute Gasteiger partial charge is 0.480 e. The van der Waals surface area contributed by atoms with Gasteiger partial charge in [0.05, 0.1) is 12.5 Å². The highest BCUT2D eigenvalue weighted by Gasteiger charge is 2.44. The van der Waals surface area contributed by atoms with E-state index in [4.69, 9.17) is 5.11 Å². The van der Waals surface area contributed by atoms with Crippen LogP contribution in [0.3, 0.4) is 0 Å². The van der Waals surface area contributed by atoms with Crippen molar-refractivity contribution >= 4 is 17.8 Å². The molecule has 6 heteroatoms. The molecule has 1 fully saturated rings. The monoisotopic (exact) mass is 270 g/mol. The lowest BCUT2D eigenvalue weighted by Gasteiger charge is -2.29.